The van der Waals surface area contributed by atoms with Gasteiger partial charge in [-0.2, -0.15) is 0 Å². The van der Waals surface area contributed by atoms with Gasteiger partial charge in [0.25, 0.3) is 0 Å². The van der Waals surface area contributed by atoms with Crippen LogP contribution in [0.25, 0.3) is 21.7 Å². The third-order valence-corrected chi connectivity index (χ3v) is 5.99. The second kappa shape index (κ2) is 7.50. The maximum atomic E-state index is 12.5. The number of rotatable bonds is 4. The summed E-state index contributed by atoms with van der Waals surface area (Å²) in [7, 11) is 0. The molecule has 1 aliphatic heterocycles. The van der Waals surface area contributed by atoms with Crippen molar-refractivity contribution in [2.24, 2.45) is 11.8 Å². The second-order valence-electron chi connectivity index (χ2n) is 7.83. The number of hydrogen-bond acceptors (Lipinski definition) is 6. The third kappa shape index (κ3) is 3.32. The van der Waals surface area contributed by atoms with Gasteiger partial charge >= 0.3 is 11.6 Å². The molecule has 7 heteroatoms. The Balaban J connectivity index is 1.37. The standard InChI is InChI=1S/C24H19NO6/c26-20-11-15(22-16-6-2-1-5-14(16)9-10-19(22)31-20)13-30-21(27)12-25-23(28)17-7-3-4-8-18(17)24(25)29/h1-6,9-11,17-18H,7-8,12-13H2/t17-,18+. The molecule has 0 unspecified atom stereocenters. The van der Waals surface area contributed by atoms with E-state index in [1.165, 1.54) is 6.07 Å². The summed E-state index contributed by atoms with van der Waals surface area (Å²) in [6.07, 6.45) is 4.81. The van der Waals surface area contributed by atoms with E-state index >= 15 is 0 Å². The Hall–Kier alpha value is -3.74. The normalized spacial score (nSPS) is 20.5. The minimum Gasteiger partial charge on any atom is -0.459 e. The smallest absolute Gasteiger partial charge is 0.336 e. The van der Waals surface area contributed by atoms with Crippen molar-refractivity contribution < 1.29 is 23.5 Å². The second-order valence-corrected chi connectivity index (χ2v) is 7.83. The number of imide groups is 1. The molecule has 0 saturated carbocycles. The molecule has 0 spiro atoms. The average Bonchev–Trinajstić information content (AvgIpc) is 3.02. The molecule has 31 heavy (non-hydrogen) atoms. The summed E-state index contributed by atoms with van der Waals surface area (Å²) in [6, 6.07) is 12.5. The molecule has 1 fully saturated rings. The molecular weight excluding hydrogens is 398 g/mol. The lowest BCUT2D eigenvalue weighted by molar-refractivity contribution is -0.153. The van der Waals surface area contributed by atoms with Gasteiger partial charge in [-0.3, -0.25) is 19.3 Å². The number of amides is 2. The summed E-state index contributed by atoms with van der Waals surface area (Å²) in [5, 5.41) is 2.52. The summed E-state index contributed by atoms with van der Waals surface area (Å²) in [5.74, 6) is -2.13. The highest BCUT2D eigenvalue weighted by molar-refractivity contribution is 6.08. The molecule has 2 aromatic carbocycles. The Morgan fingerprint density at radius 2 is 1.71 bits per heavy atom. The Morgan fingerprint density at radius 3 is 2.45 bits per heavy atom. The van der Waals surface area contributed by atoms with Crippen molar-refractivity contribution in [3.63, 3.8) is 0 Å². The van der Waals surface area contributed by atoms with E-state index in [4.69, 9.17) is 9.15 Å². The molecule has 3 aromatic rings. The van der Waals surface area contributed by atoms with Crippen LogP contribution in [0.4, 0.5) is 0 Å². The van der Waals surface area contributed by atoms with Gasteiger partial charge in [0, 0.05) is 17.0 Å². The molecule has 7 nitrogen and oxygen atoms in total. The van der Waals surface area contributed by atoms with Crippen LogP contribution in [0, 0.1) is 11.8 Å². The van der Waals surface area contributed by atoms with Crippen LogP contribution in [0.5, 0.6) is 0 Å². The van der Waals surface area contributed by atoms with E-state index in [-0.39, 0.29) is 30.3 Å². The lowest BCUT2D eigenvalue weighted by Gasteiger charge is -2.14. The molecule has 5 rings (SSSR count). The van der Waals surface area contributed by atoms with Gasteiger partial charge in [-0.05, 0) is 29.7 Å². The van der Waals surface area contributed by atoms with E-state index in [0.29, 0.717) is 29.4 Å². The lowest BCUT2D eigenvalue weighted by atomic mass is 9.85. The zero-order chi connectivity index (χ0) is 21.5. The third-order valence-electron chi connectivity index (χ3n) is 5.99. The minimum absolute atomic E-state index is 0.167. The molecule has 0 bridgehead atoms. The van der Waals surface area contributed by atoms with Crippen molar-refractivity contribution >= 4 is 39.5 Å². The molecule has 1 aliphatic carbocycles. The van der Waals surface area contributed by atoms with Crippen LogP contribution in [0.2, 0.25) is 0 Å². The highest BCUT2D eigenvalue weighted by atomic mass is 16.5. The Labute approximate surface area is 176 Å². The lowest BCUT2D eigenvalue weighted by Crippen LogP contribution is -2.36. The number of fused-ring (bicyclic) bond motifs is 4. The number of nitrogens with zero attached hydrogens (tertiary/aromatic N) is 1. The fourth-order valence-electron chi connectivity index (χ4n) is 4.49. The summed E-state index contributed by atoms with van der Waals surface area (Å²) in [5.41, 5.74) is 0.363. The number of ether oxygens (including phenoxy) is 1. The predicted molar refractivity (Wildman–Crippen MR) is 112 cm³/mol. The molecule has 2 aliphatic rings. The van der Waals surface area contributed by atoms with E-state index in [9.17, 15) is 19.2 Å². The van der Waals surface area contributed by atoms with Crippen LogP contribution in [-0.4, -0.2) is 29.2 Å². The highest BCUT2D eigenvalue weighted by Gasteiger charge is 2.47. The van der Waals surface area contributed by atoms with E-state index < -0.39 is 18.1 Å². The van der Waals surface area contributed by atoms with E-state index in [1.54, 1.807) is 6.07 Å². The number of hydrogen-bond donors (Lipinski definition) is 0. The van der Waals surface area contributed by atoms with Gasteiger partial charge in [-0.25, -0.2) is 4.79 Å². The van der Waals surface area contributed by atoms with Gasteiger partial charge in [0.1, 0.15) is 18.7 Å². The van der Waals surface area contributed by atoms with E-state index in [2.05, 4.69) is 0 Å². The minimum atomic E-state index is -0.699. The number of carbonyl (C=O) groups is 3. The number of likely N-dealkylation sites (tertiary alicyclic amines) is 1. The molecule has 0 N–H and O–H groups in total. The fraction of sp³-hybridized carbons (Fsp3) is 0.250. The molecule has 1 aromatic heterocycles. The fourth-order valence-corrected chi connectivity index (χ4v) is 4.49. The van der Waals surface area contributed by atoms with Crippen LogP contribution in [0.1, 0.15) is 18.4 Å². The van der Waals surface area contributed by atoms with Gasteiger partial charge in [0.2, 0.25) is 11.8 Å². The number of esters is 1. The van der Waals surface area contributed by atoms with Crippen molar-refractivity contribution in [2.75, 3.05) is 6.54 Å². The van der Waals surface area contributed by atoms with Crippen LogP contribution in [0.3, 0.4) is 0 Å². The van der Waals surface area contributed by atoms with Gasteiger partial charge in [-0.1, -0.05) is 42.5 Å². The van der Waals surface area contributed by atoms with Crippen molar-refractivity contribution in [3.8, 4) is 0 Å². The number of benzene rings is 2. The Bertz CT molecular complexity index is 1290. The summed E-state index contributed by atoms with van der Waals surface area (Å²) >= 11 is 0. The van der Waals surface area contributed by atoms with Crippen LogP contribution >= 0.6 is 0 Å². The largest absolute Gasteiger partial charge is 0.459 e. The zero-order valence-corrected chi connectivity index (χ0v) is 16.6. The zero-order valence-electron chi connectivity index (χ0n) is 16.6. The van der Waals surface area contributed by atoms with Crippen molar-refractivity contribution in [3.05, 3.63) is 70.6 Å². The maximum absolute atomic E-state index is 12.5. The molecule has 1 saturated heterocycles. The topological polar surface area (TPSA) is 93.9 Å². The first-order chi connectivity index (χ1) is 15.0. The van der Waals surface area contributed by atoms with Crippen molar-refractivity contribution in [1.82, 2.24) is 4.90 Å². The van der Waals surface area contributed by atoms with E-state index in [0.717, 1.165) is 15.7 Å². The van der Waals surface area contributed by atoms with E-state index in [1.807, 2.05) is 42.5 Å². The monoisotopic (exact) mass is 417 g/mol. The maximum Gasteiger partial charge on any atom is 0.336 e. The van der Waals surface area contributed by atoms with Crippen molar-refractivity contribution in [2.45, 2.75) is 19.4 Å². The summed E-state index contributed by atoms with van der Waals surface area (Å²) in [4.78, 5) is 50.5. The quantitative estimate of drug-likeness (QED) is 0.213. The SMILES string of the molecule is O=C(CN1C(=O)[C@H]2CC=CC[C@H]2C1=O)OCc1cc(=O)oc2ccc3ccccc3c12. The van der Waals surface area contributed by atoms with Gasteiger partial charge in [0.15, 0.2) is 0 Å². The molecule has 2 heterocycles. The summed E-state index contributed by atoms with van der Waals surface area (Å²) in [6.45, 7) is -0.593. The molecule has 2 atom stereocenters. The van der Waals surface area contributed by atoms with Crippen LogP contribution in [-0.2, 0) is 25.7 Å². The van der Waals surface area contributed by atoms with Gasteiger partial charge in [0.05, 0.1) is 11.8 Å². The first-order valence-corrected chi connectivity index (χ1v) is 10.1. The Kier molecular flexibility index (Phi) is 4.66. The van der Waals surface area contributed by atoms with Crippen molar-refractivity contribution in [1.29, 1.82) is 0 Å². The van der Waals surface area contributed by atoms with Gasteiger partial charge < -0.3 is 9.15 Å². The number of allylic oxidation sites excluding steroid dienone is 2. The van der Waals surface area contributed by atoms with Crippen LogP contribution < -0.4 is 5.63 Å². The van der Waals surface area contributed by atoms with Gasteiger partial charge in [-0.15, -0.1) is 0 Å². The first kappa shape index (κ1) is 19.2. The molecule has 156 valence electrons. The van der Waals surface area contributed by atoms with Crippen LogP contribution in [0.15, 0.2) is 63.8 Å². The summed E-state index contributed by atoms with van der Waals surface area (Å²) < 4.78 is 10.7. The average molecular weight is 417 g/mol. The first-order valence-electron chi connectivity index (χ1n) is 10.1. The highest BCUT2D eigenvalue weighted by Crippen LogP contribution is 2.35. The number of carbonyl (C=O) groups excluding carboxylic acids is 3. The molecular formula is C24H19NO6. The Morgan fingerprint density at radius 1 is 1.00 bits per heavy atom. The predicted octanol–water partition coefficient (Wildman–Crippen LogP) is 2.94. The molecule has 0 radical (unpaired) electrons. The molecule has 2 amide bonds.